The van der Waals surface area contributed by atoms with Crippen molar-refractivity contribution in [3.63, 3.8) is 0 Å². The van der Waals surface area contributed by atoms with E-state index >= 15 is 0 Å². The van der Waals surface area contributed by atoms with Crippen molar-refractivity contribution < 1.29 is 14.3 Å². The van der Waals surface area contributed by atoms with Crippen LogP contribution >= 0.6 is 0 Å². The molecule has 0 spiro atoms. The van der Waals surface area contributed by atoms with E-state index in [-0.39, 0.29) is 24.0 Å². The van der Waals surface area contributed by atoms with Crippen LogP contribution in [0.5, 0.6) is 5.75 Å². The third-order valence-electron chi connectivity index (χ3n) is 4.43. The van der Waals surface area contributed by atoms with Gasteiger partial charge in [0.15, 0.2) is 0 Å². The van der Waals surface area contributed by atoms with Gasteiger partial charge in [0, 0.05) is 31.4 Å². The van der Waals surface area contributed by atoms with Crippen LogP contribution in [0.4, 0.5) is 10.5 Å². The lowest BCUT2D eigenvalue weighted by Crippen LogP contribution is -2.46. The van der Waals surface area contributed by atoms with Crippen molar-refractivity contribution in [2.24, 2.45) is 5.92 Å². The molecule has 1 heterocycles. The maximum atomic E-state index is 12.5. The van der Waals surface area contributed by atoms with E-state index in [1.54, 1.807) is 4.90 Å². The predicted octanol–water partition coefficient (Wildman–Crippen LogP) is 3.24. The van der Waals surface area contributed by atoms with Gasteiger partial charge in [-0.25, -0.2) is 4.79 Å². The molecule has 6 nitrogen and oxygen atoms in total. The largest absolute Gasteiger partial charge is 0.491 e. The summed E-state index contributed by atoms with van der Waals surface area (Å²) in [5.74, 6) is 0.648. The summed E-state index contributed by atoms with van der Waals surface area (Å²) in [4.78, 5) is 26.3. The monoisotopic (exact) mass is 347 g/mol. The highest BCUT2D eigenvalue weighted by Crippen LogP contribution is 2.21. The molecule has 0 unspecified atom stereocenters. The van der Waals surface area contributed by atoms with E-state index in [1.807, 2.05) is 38.1 Å². The van der Waals surface area contributed by atoms with E-state index in [1.165, 1.54) is 0 Å². The molecule has 2 atom stereocenters. The smallest absolute Gasteiger partial charge is 0.321 e. The molecular formula is C19H29N3O3. The number of carbonyl (C=O) groups excluding carboxylic acids is 2. The summed E-state index contributed by atoms with van der Waals surface area (Å²) in [5, 5.41) is 5.75. The van der Waals surface area contributed by atoms with Gasteiger partial charge in [0.1, 0.15) is 5.75 Å². The molecule has 1 aliphatic heterocycles. The Kier molecular flexibility index (Phi) is 7.10. The quantitative estimate of drug-likeness (QED) is 0.830. The molecule has 0 bridgehead atoms. The van der Waals surface area contributed by atoms with Crippen molar-refractivity contribution in [1.82, 2.24) is 10.2 Å². The summed E-state index contributed by atoms with van der Waals surface area (Å²) >= 11 is 0. The first-order valence-electron chi connectivity index (χ1n) is 9.13. The number of piperidine rings is 1. The minimum Gasteiger partial charge on any atom is -0.491 e. The Labute approximate surface area is 149 Å². The zero-order valence-corrected chi connectivity index (χ0v) is 15.4. The van der Waals surface area contributed by atoms with E-state index in [0.29, 0.717) is 25.3 Å². The number of anilines is 1. The van der Waals surface area contributed by atoms with Crippen molar-refractivity contribution in [3.8, 4) is 5.75 Å². The van der Waals surface area contributed by atoms with Gasteiger partial charge in [-0.15, -0.1) is 0 Å². The molecule has 1 saturated heterocycles. The number of hydrogen-bond acceptors (Lipinski definition) is 3. The van der Waals surface area contributed by atoms with Crippen molar-refractivity contribution in [2.75, 3.05) is 25.0 Å². The average Bonchev–Trinajstić information content (AvgIpc) is 2.62. The second-order valence-corrected chi connectivity index (χ2v) is 6.47. The van der Waals surface area contributed by atoms with Gasteiger partial charge in [0.05, 0.1) is 12.0 Å². The molecule has 0 aromatic heterocycles. The van der Waals surface area contributed by atoms with Gasteiger partial charge in [0.2, 0.25) is 5.91 Å². The van der Waals surface area contributed by atoms with Gasteiger partial charge >= 0.3 is 6.03 Å². The summed E-state index contributed by atoms with van der Waals surface area (Å²) in [6, 6.07) is 7.24. The summed E-state index contributed by atoms with van der Waals surface area (Å²) < 4.78 is 5.79. The van der Waals surface area contributed by atoms with E-state index in [9.17, 15) is 9.59 Å². The molecule has 0 radical (unpaired) electrons. The van der Waals surface area contributed by atoms with Crippen LogP contribution in [-0.2, 0) is 4.79 Å². The minimum absolute atomic E-state index is 0.0314. The van der Waals surface area contributed by atoms with Gasteiger partial charge in [-0.05, 0) is 45.2 Å². The maximum absolute atomic E-state index is 12.5. The lowest BCUT2D eigenvalue weighted by atomic mass is 9.97. The number of benzene rings is 1. The first-order chi connectivity index (χ1) is 12.0. The number of rotatable bonds is 6. The highest BCUT2D eigenvalue weighted by atomic mass is 16.5. The van der Waals surface area contributed by atoms with Crippen molar-refractivity contribution in [1.29, 1.82) is 0 Å². The Bertz CT molecular complexity index is 591. The number of likely N-dealkylation sites (tertiary alicyclic amines) is 1. The first-order valence-corrected chi connectivity index (χ1v) is 9.13. The maximum Gasteiger partial charge on any atom is 0.321 e. The molecule has 1 fully saturated rings. The molecule has 2 rings (SSSR count). The van der Waals surface area contributed by atoms with Crippen LogP contribution in [0.1, 0.15) is 40.0 Å². The van der Waals surface area contributed by atoms with Crippen LogP contribution in [-0.4, -0.2) is 42.6 Å². The van der Waals surface area contributed by atoms with Gasteiger partial charge in [-0.3, -0.25) is 4.79 Å². The Balaban J connectivity index is 1.94. The number of nitrogens with zero attached hydrogens (tertiary/aromatic N) is 1. The van der Waals surface area contributed by atoms with Crippen LogP contribution in [0.3, 0.4) is 0 Å². The standard InChI is InChI=1S/C19H29N3O3/c1-4-14(3)25-17-10-6-9-16(12-17)21-19(24)22-11-7-8-15(13-22)18(23)20-5-2/h6,9-10,12,14-15H,4-5,7-8,11,13H2,1-3H3,(H,20,23)(H,21,24)/t14-,15-/m0/s1. The molecular weight excluding hydrogens is 318 g/mol. The molecule has 1 aromatic carbocycles. The fraction of sp³-hybridized carbons (Fsp3) is 0.579. The van der Waals surface area contributed by atoms with Crippen molar-refractivity contribution in [2.45, 2.75) is 46.1 Å². The molecule has 1 aromatic rings. The predicted molar refractivity (Wildman–Crippen MR) is 98.8 cm³/mol. The van der Waals surface area contributed by atoms with Gasteiger partial charge in [-0.2, -0.15) is 0 Å². The van der Waals surface area contributed by atoms with E-state index in [4.69, 9.17) is 4.74 Å². The van der Waals surface area contributed by atoms with Gasteiger partial charge in [-0.1, -0.05) is 13.0 Å². The van der Waals surface area contributed by atoms with E-state index < -0.39 is 0 Å². The van der Waals surface area contributed by atoms with Crippen molar-refractivity contribution >= 4 is 17.6 Å². The topological polar surface area (TPSA) is 70.7 Å². The molecule has 138 valence electrons. The van der Waals surface area contributed by atoms with Crippen LogP contribution in [0.2, 0.25) is 0 Å². The number of urea groups is 1. The normalized spacial score (nSPS) is 18.4. The summed E-state index contributed by atoms with van der Waals surface area (Å²) in [5.41, 5.74) is 0.700. The number of amides is 3. The summed E-state index contributed by atoms with van der Waals surface area (Å²) in [6.45, 7) is 7.73. The van der Waals surface area contributed by atoms with Gasteiger partial charge in [0.25, 0.3) is 0 Å². The Hall–Kier alpha value is -2.24. The molecule has 6 heteroatoms. The number of carbonyl (C=O) groups is 2. The fourth-order valence-electron chi connectivity index (χ4n) is 2.86. The summed E-state index contributed by atoms with van der Waals surface area (Å²) in [6.07, 6.45) is 2.72. The zero-order chi connectivity index (χ0) is 18.2. The lowest BCUT2D eigenvalue weighted by molar-refractivity contribution is -0.126. The third kappa shape index (κ3) is 5.66. The molecule has 3 amide bonds. The van der Waals surface area contributed by atoms with Crippen LogP contribution in [0.15, 0.2) is 24.3 Å². The highest BCUT2D eigenvalue weighted by molar-refractivity contribution is 5.90. The molecule has 0 aliphatic carbocycles. The van der Waals surface area contributed by atoms with Crippen molar-refractivity contribution in [3.05, 3.63) is 24.3 Å². The van der Waals surface area contributed by atoms with Crippen LogP contribution in [0, 0.1) is 5.92 Å². The summed E-state index contributed by atoms with van der Waals surface area (Å²) in [7, 11) is 0. The lowest BCUT2D eigenvalue weighted by Gasteiger charge is -2.32. The van der Waals surface area contributed by atoms with E-state index in [2.05, 4.69) is 17.6 Å². The minimum atomic E-state index is -0.172. The molecule has 2 N–H and O–H groups in total. The highest BCUT2D eigenvalue weighted by Gasteiger charge is 2.28. The fourth-order valence-corrected chi connectivity index (χ4v) is 2.86. The zero-order valence-electron chi connectivity index (χ0n) is 15.4. The molecule has 1 aliphatic rings. The number of hydrogen-bond donors (Lipinski definition) is 2. The number of ether oxygens (including phenoxy) is 1. The third-order valence-corrected chi connectivity index (χ3v) is 4.43. The average molecular weight is 347 g/mol. The van der Waals surface area contributed by atoms with Crippen LogP contribution < -0.4 is 15.4 Å². The Morgan fingerprint density at radius 2 is 2.16 bits per heavy atom. The Morgan fingerprint density at radius 1 is 1.36 bits per heavy atom. The second kappa shape index (κ2) is 9.30. The Morgan fingerprint density at radius 3 is 2.88 bits per heavy atom. The molecule has 0 saturated carbocycles. The second-order valence-electron chi connectivity index (χ2n) is 6.47. The van der Waals surface area contributed by atoms with E-state index in [0.717, 1.165) is 25.0 Å². The first kappa shape index (κ1) is 19.1. The SMILES string of the molecule is CCNC(=O)[C@H]1CCCN(C(=O)Nc2cccc(O[C@@H](C)CC)c2)C1. The van der Waals surface area contributed by atoms with Gasteiger partial charge < -0.3 is 20.3 Å². The number of nitrogens with one attached hydrogen (secondary N) is 2. The molecule has 25 heavy (non-hydrogen) atoms. The van der Waals surface area contributed by atoms with Crippen LogP contribution in [0.25, 0.3) is 0 Å².